The van der Waals surface area contributed by atoms with Crippen molar-refractivity contribution in [2.75, 3.05) is 49.6 Å². The maximum atomic E-state index is 12.0. The number of allylic oxidation sites excluding steroid dienone is 1. The predicted molar refractivity (Wildman–Crippen MR) is 380 cm³/mol. The minimum atomic E-state index is -4.02. The molecule has 0 saturated heterocycles. The third kappa shape index (κ3) is 21.2. The number of para-hydroxylation sites is 12. The van der Waals surface area contributed by atoms with Gasteiger partial charge in [-0.15, -0.1) is 4.40 Å². The number of hydrogen-bond acceptors (Lipinski definition) is 24. The number of H-pyrrole nitrogens is 3. The number of carboxylic acids is 1. The van der Waals surface area contributed by atoms with Crippen molar-refractivity contribution in [1.82, 2.24) is 73.8 Å². The third-order valence-electron chi connectivity index (χ3n) is 14.2. The van der Waals surface area contributed by atoms with Crippen molar-refractivity contribution in [3.63, 3.8) is 0 Å². The number of fused-ring (bicyclic) bond motifs is 6. The van der Waals surface area contributed by atoms with E-state index in [-0.39, 0.29) is 46.4 Å². The number of aromatic amines is 3. The molecular weight excluding hydrogens is 1370 g/mol. The summed E-state index contributed by atoms with van der Waals surface area (Å²) in [6, 6.07) is 44.5. The fourth-order valence-corrected chi connectivity index (χ4v) is 9.90. The normalized spacial score (nSPS) is 11.5. The highest BCUT2D eigenvalue weighted by Crippen LogP contribution is 2.21. The summed E-state index contributed by atoms with van der Waals surface area (Å²) in [4.78, 5) is 152. The van der Waals surface area contributed by atoms with E-state index in [4.69, 9.17) is 9.94 Å². The van der Waals surface area contributed by atoms with Gasteiger partial charge in [-0.3, -0.25) is 38.3 Å². The second-order valence-corrected chi connectivity index (χ2v) is 22.6. The smallest absolute Gasteiger partial charge is 0.374 e. The lowest BCUT2D eigenvalue weighted by Crippen LogP contribution is -2.32. The topological polar surface area (TPSA) is 450 Å². The number of ketones is 5. The molecule has 0 atom stereocenters. The van der Waals surface area contributed by atoms with Gasteiger partial charge in [0.1, 0.15) is 11.4 Å². The SMILES string of the molecule is CC(=O)c1nc2ccccc2[nH]1.CC(=O)c1nc2ccccc2n1C.CNOC.COC(=O)C(=O)CC(=O)c1nc2ccccc2n1C.COC(=O)C(C)=O.COC(=O)C1=CC(c2nc3ccccc3n2C)=NS(=O)(=O)N1.CON(C)C(=O)c1nc2ccccc2[nH]1.O=C(O)c1nc2ccccc2[nH]1. The number of methoxy groups -OCH3 is 3. The summed E-state index contributed by atoms with van der Waals surface area (Å²) in [5.41, 5.74) is 11.9. The van der Waals surface area contributed by atoms with Crippen LogP contribution >= 0.6 is 0 Å². The van der Waals surface area contributed by atoms with Crippen LogP contribution in [0.4, 0.5) is 0 Å². The highest BCUT2D eigenvalue weighted by atomic mass is 32.2. The van der Waals surface area contributed by atoms with Crippen molar-refractivity contribution in [1.29, 1.82) is 0 Å². The Morgan fingerprint density at radius 3 is 1.31 bits per heavy atom. The quantitative estimate of drug-likeness (QED) is 0.0175. The van der Waals surface area contributed by atoms with E-state index in [0.717, 1.165) is 75.9 Å². The highest BCUT2D eigenvalue weighted by Gasteiger charge is 2.27. The molecule has 0 aliphatic carbocycles. The Kier molecular flexibility index (Phi) is 28.7. The van der Waals surface area contributed by atoms with Crippen LogP contribution in [-0.2, 0) is 79.2 Å². The summed E-state index contributed by atoms with van der Waals surface area (Å²) < 4.78 is 47.2. The van der Waals surface area contributed by atoms with Gasteiger partial charge in [0, 0.05) is 62.1 Å². The van der Waals surface area contributed by atoms with Gasteiger partial charge in [0.2, 0.25) is 23.2 Å². The zero-order valence-corrected chi connectivity index (χ0v) is 59.2. The number of amides is 1. The van der Waals surface area contributed by atoms with Gasteiger partial charge in [0.05, 0.1) is 108 Å². The molecule has 1 aliphatic heterocycles. The Labute approximate surface area is 592 Å². The average molecular weight is 1450 g/mol. The number of nitrogens with zero attached hydrogens (tertiary/aromatic N) is 11. The molecule has 1 aliphatic rings. The number of aromatic carboxylic acids is 1. The molecule has 0 unspecified atom stereocenters. The van der Waals surface area contributed by atoms with Crippen LogP contribution in [-0.4, -0.2) is 191 Å². The molecule has 13 rings (SSSR count). The molecule has 34 nitrogen and oxygen atoms in total. The van der Waals surface area contributed by atoms with Crippen LogP contribution in [0.15, 0.2) is 162 Å². The number of benzene rings is 6. The molecule has 542 valence electrons. The van der Waals surface area contributed by atoms with Gasteiger partial charge in [0.15, 0.2) is 40.7 Å². The number of carbonyl (C=O) groups is 10. The van der Waals surface area contributed by atoms with Gasteiger partial charge in [-0.05, 0) is 72.8 Å². The van der Waals surface area contributed by atoms with E-state index in [1.54, 1.807) is 61.7 Å². The van der Waals surface area contributed by atoms with Crippen LogP contribution in [0.2, 0.25) is 0 Å². The van der Waals surface area contributed by atoms with Crippen LogP contribution in [0.1, 0.15) is 86.1 Å². The maximum Gasteiger partial charge on any atom is 0.374 e. The molecule has 0 saturated carbocycles. The number of rotatable bonds is 13. The standard InChI is InChI=1S/C13H12N4O4S.C13H12N2O4.C10H11N3O2.C10H10N2O.C9H8N2O.C8H6N2O2.C4H6O3.C2H7NO/c1-17-11-6-4-3-5-8(11)14-12(17)9-7-10(13(18)21-2)16-22(19,20)15-9;1-15-9-6-4-3-5-8(9)14-12(15)10(16)7-11(17)13(18)19-2;1-13(15-2)10(14)9-11-7-5-3-4-6-8(7)12-9;1-7(13)10-11-8-5-3-4-6-9(8)12(10)2;1-6(12)9-10-7-4-2-3-5-8(7)11-9;11-8(12)7-9-5-3-1-2-4-6(5)10-7;1-3(5)4(6)7-2;1-3-4-2/h3-7,16H,1-2H3;3-6H,7H2,1-2H3;3-6H,1-2H3,(H,11,12);3-6H,1-2H3;2-5H,1H3,(H,10,11);1-4H,(H,9,10)(H,11,12);1-2H3;3H,1-2H3. The molecule has 7 heterocycles. The van der Waals surface area contributed by atoms with Gasteiger partial charge in [-0.2, -0.15) is 8.42 Å². The van der Waals surface area contributed by atoms with E-state index < -0.39 is 57.9 Å². The number of carboxylic acid groups (broad SMARTS) is 1. The Bertz CT molecular complexity index is 5150. The van der Waals surface area contributed by atoms with Crippen LogP contribution in [0.5, 0.6) is 0 Å². The summed E-state index contributed by atoms with van der Waals surface area (Å²) in [6.45, 7) is 4.19. The van der Waals surface area contributed by atoms with Crippen molar-refractivity contribution in [3.8, 4) is 0 Å². The van der Waals surface area contributed by atoms with Gasteiger partial charge >= 0.3 is 40.0 Å². The van der Waals surface area contributed by atoms with Gasteiger partial charge < -0.3 is 52.8 Å². The number of Topliss-reactive ketones (excluding diaryl/α,β-unsaturated/α-hetero) is 5. The first-order valence-electron chi connectivity index (χ1n) is 30.5. The molecule has 104 heavy (non-hydrogen) atoms. The van der Waals surface area contributed by atoms with E-state index in [9.17, 15) is 56.4 Å². The molecule has 0 spiro atoms. The number of nitrogens with one attached hydrogen (secondary N) is 5. The van der Waals surface area contributed by atoms with E-state index >= 15 is 0 Å². The average Bonchev–Trinajstić information content (AvgIpc) is 1.60. The number of hydroxylamine groups is 3. The largest absolute Gasteiger partial charge is 0.475 e. The second kappa shape index (κ2) is 37.3. The van der Waals surface area contributed by atoms with E-state index in [2.05, 4.69) is 73.8 Å². The van der Waals surface area contributed by atoms with Gasteiger partial charge in [-0.25, -0.2) is 59.6 Å². The molecule has 0 fully saturated rings. The first-order valence-corrected chi connectivity index (χ1v) is 32.0. The Morgan fingerprint density at radius 1 is 0.510 bits per heavy atom. The molecule has 0 bridgehead atoms. The lowest BCUT2D eigenvalue weighted by molar-refractivity contribution is -0.151. The van der Waals surface area contributed by atoms with Crippen LogP contribution < -0.4 is 10.2 Å². The van der Waals surface area contributed by atoms with Crippen LogP contribution in [0, 0.1) is 0 Å². The summed E-state index contributed by atoms with van der Waals surface area (Å²) in [7, 11) is 10.9. The summed E-state index contributed by atoms with van der Waals surface area (Å²) >= 11 is 0. The maximum absolute atomic E-state index is 12.0. The number of ether oxygens (including phenoxy) is 3. The Morgan fingerprint density at radius 2 is 0.913 bits per heavy atom. The number of aryl methyl sites for hydroxylation is 3. The zero-order valence-electron chi connectivity index (χ0n) is 58.4. The molecule has 35 heteroatoms. The Balaban J connectivity index is 0.000000192. The van der Waals surface area contributed by atoms with Crippen molar-refractivity contribution in [3.05, 3.63) is 192 Å². The highest BCUT2D eigenvalue weighted by molar-refractivity contribution is 7.88. The predicted octanol–water partition coefficient (Wildman–Crippen LogP) is 6.67. The van der Waals surface area contributed by atoms with E-state index in [1.807, 2.05) is 138 Å². The molecule has 6 aromatic heterocycles. The zero-order chi connectivity index (χ0) is 76.5. The number of aromatic nitrogens is 12. The van der Waals surface area contributed by atoms with E-state index in [0.29, 0.717) is 34.0 Å². The first kappa shape index (κ1) is 79.9. The number of hydrogen-bond donors (Lipinski definition) is 6. The minimum Gasteiger partial charge on any atom is -0.475 e. The lowest BCUT2D eigenvalue weighted by Gasteiger charge is -2.13. The molecule has 12 aromatic rings. The summed E-state index contributed by atoms with van der Waals surface area (Å²) in [6.07, 6.45) is 0.762. The molecule has 6 N–H and O–H groups in total. The second-order valence-electron chi connectivity index (χ2n) is 21.2. The Hall–Kier alpha value is -13.1. The minimum absolute atomic E-state index is 0.00120. The van der Waals surface area contributed by atoms with Crippen LogP contribution in [0.3, 0.4) is 0 Å². The summed E-state index contributed by atoms with van der Waals surface area (Å²) in [5, 5.41) is 9.71. The fraction of sp³-hybridized carbons (Fsp3) is 0.203. The molecule has 1 amide bonds. The number of imidazole rings is 6. The fourth-order valence-electron chi connectivity index (χ4n) is 9.04. The molecule has 0 radical (unpaired) electrons. The van der Waals surface area contributed by atoms with Crippen molar-refractivity contribution in [2.24, 2.45) is 25.5 Å². The monoisotopic (exact) mass is 1440 g/mol. The molecule has 6 aromatic carbocycles. The van der Waals surface area contributed by atoms with Crippen LogP contribution in [0.25, 0.3) is 66.2 Å². The third-order valence-corrected chi connectivity index (χ3v) is 15.1. The summed E-state index contributed by atoms with van der Waals surface area (Å²) in [5.74, 6) is -4.23. The van der Waals surface area contributed by atoms with Gasteiger partial charge in [-0.1, -0.05) is 72.8 Å². The first-order chi connectivity index (χ1) is 49.5. The number of esters is 3. The van der Waals surface area contributed by atoms with E-state index in [1.165, 1.54) is 41.2 Å². The van der Waals surface area contributed by atoms with Crippen molar-refractivity contribution in [2.45, 2.75) is 27.2 Å². The lowest BCUT2D eigenvalue weighted by atomic mass is 10.2. The van der Waals surface area contributed by atoms with Crippen molar-refractivity contribution >= 4 is 141 Å². The van der Waals surface area contributed by atoms with Crippen molar-refractivity contribution < 1.29 is 85.4 Å². The number of carbonyl (C=O) groups excluding carboxylic acids is 9. The molecular formula is C69H72N16O18S. The van der Waals surface area contributed by atoms with Gasteiger partial charge in [0.25, 0.3) is 0 Å².